The summed E-state index contributed by atoms with van der Waals surface area (Å²) in [6.07, 6.45) is 2.68. The van der Waals surface area contributed by atoms with Crippen LogP contribution in [0.15, 0.2) is 29.2 Å². The second-order valence-corrected chi connectivity index (χ2v) is 8.38. The minimum Gasteiger partial charge on any atom is -0.207 e. The van der Waals surface area contributed by atoms with Crippen LogP contribution in [-0.2, 0) is 16.4 Å². The van der Waals surface area contributed by atoms with Crippen molar-refractivity contribution < 1.29 is 8.42 Å². The Hall–Kier alpha value is -0.580. The molecule has 5 heteroatoms. The first kappa shape index (κ1) is 16.8. The Morgan fingerprint density at radius 1 is 1.19 bits per heavy atom. The van der Waals surface area contributed by atoms with E-state index in [9.17, 15) is 8.42 Å². The fraction of sp³-hybridized carbons (Fsp3) is 0.625. The summed E-state index contributed by atoms with van der Waals surface area (Å²) in [5.74, 6) is 1.82. The van der Waals surface area contributed by atoms with E-state index in [1.807, 2.05) is 12.1 Å². The number of piperidine rings is 1. The summed E-state index contributed by atoms with van der Waals surface area (Å²) in [5, 5.41) is 0. The average Bonchev–Trinajstić information content (AvgIpc) is 2.48. The highest BCUT2D eigenvalue weighted by atomic mass is 35.5. The molecule has 0 N–H and O–H groups in total. The van der Waals surface area contributed by atoms with E-state index < -0.39 is 10.0 Å². The lowest BCUT2D eigenvalue weighted by Gasteiger charge is -2.33. The fourth-order valence-corrected chi connectivity index (χ4v) is 4.56. The molecule has 1 aromatic rings. The predicted molar refractivity (Wildman–Crippen MR) is 87.2 cm³/mol. The number of hydrogen-bond acceptors (Lipinski definition) is 2. The Morgan fingerprint density at radius 2 is 1.76 bits per heavy atom. The molecular formula is C16H24ClNO2S. The van der Waals surface area contributed by atoms with Crippen molar-refractivity contribution in [3.05, 3.63) is 29.8 Å². The molecule has 1 aliphatic rings. The molecule has 0 saturated carbocycles. The number of aryl methyl sites for hydroxylation is 1. The highest BCUT2D eigenvalue weighted by Gasteiger charge is 2.30. The van der Waals surface area contributed by atoms with Gasteiger partial charge in [-0.25, -0.2) is 8.42 Å². The Bertz CT molecular complexity index is 546. The van der Waals surface area contributed by atoms with Crippen LogP contribution in [-0.4, -0.2) is 31.7 Å². The van der Waals surface area contributed by atoms with E-state index in [2.05, 4.69) is 13.8 Å². The molecule has 0 radical (unpaired) electrons. The van der Waals surface area contributed by atoms with Crippen LogP contribution in [0.4, 0.5) is 0 Å². The van der Waals surface area contributed by atoms with E-state index in [1.165, 1.54) is 0 Å². The SMILES string of the molecule is CC(C)C1CCN(S(=O)(=O)c2ccc(CCCl)cc2)CC1. The third-order valence-electron chi connectivity index (χ3n) is 4.39. The molecule has 1 saturated heterocycles. The average molecular weight is 330 g/mol. The summed E-state index contributed by atoms with van der Waals surface area (Å²) in [6.45, 7) is 5.69. The monoisotopic (exact) mass is 329 g/mol. The van der Waals surface area contributed by atoms with Crippen molar-refractivity contribution in [3.8, 4) is 0 Å². The molecule has 1 heterocycles. The quantitative estimate of drug-likeness (QED) is 0.775. The smallest absolute Gasteiger partial charge is 0.207 e. The standard InChI is InChI=1S/C16H24ClNO2S/c1-13(2)15-8-11-18(12-9-15)21(19,20)16-5-3-14(4-6-16)7-10-17/h3-6,13,15H,7-12H2,1-2H3. The summed E-state index contributed by atoms with van der Waals surface area (Å²) in [5.41, 5.74) is 1.07. The van der Waals surface area contributed by atoms with Gasteiger partial charge in [0.25, 0.3) is 0 Å². The first-order chi connectivity index (χ1) is 9.95. The van der Waals surface area contributed by atoms with Gasteiger partial charge in [-0.2, -0.15) is 4.31 Å². The van der Waals surface area contributed by atoms with Crippen molar-refractivity contribution in [2.24, 2.45) is 11.8 Å². The zero-order valence-corrected chi connectivity index (χ0v) is 14.3. The van der Waals surface area contributed by atoms with Crippen LogP contribution in [0.25, 0.3) is 0 Å². The van der Waals surface area contributed by atoms with Crippen LogP contribution in [0.3, 0.4) is 0 Å². The molecule has 0 aromatic heterocycles. The molecule has 1 fully saturated rings. The summed E-state index contributed by atoms with van der Waals surface area (Å²) in [4.78, 5) is 0.392. The summed E-state index contributed by atoms with van der Waals surface area (Å²) in [6, 6.07) is 7.11. The van der Waals surface area contributed by atoms with E-state index >= 15 is 0 Å². The number of nitrogens with zero attached hydrogens (tertiary/aromatic N) is 1. The van der Waals surface area contributed by atoms with E-state index in [4.69, 9.17) is 11.6 Å². The lowest BCUT2D eigenvalue weighted by atomic mass is 9.87. The van der Waals surface area contributed by atoms with Gasteiger partial charge in [-0.05, 0) is 48.8 Å². The number of hydrogen-bond donors (Lipinski definition) is 0. The van der Waals surface area contributed by atoms with Crippen LogP contribution in [0.1, 0.15) is 32.3 Å². The first-order valence-electron chi connectivity index (χ1n) is 7.60. The maximum atomic E-state index is 12.6. The zero-order chi connectivity index (χ0) is 15.5. The Balaban J connectivity index is 2.08. The van der Waals surface area contributed by atoms with Crippen LogP contribution < -0.4 is 0 Å². The highest BCUT2D eigenvalue weighted by Crippen LogP contribution is 2.28. The number of sulfonamides is 1. The fourth-order valence-electron chi connectivity index (χ4n) is 2.87. The largest absolute Gasteiger partial charge is 0.243 e. The third-order valence-corrected chi connectivity index (χ3v) is 6.49. The van der Waals surface area contributed by atoms with Crippen molar-refractivity contribution in [3.63, 3.8) is 0 Å². The molecule has 3 nitrogen and oxygen atoms in total. The zero-order valence-electron chi connectivity index (χ0n) is 12.8. The van der Waals surface area contributed by atoms with E-state index in [0.717, 1.165) is 24.8 Å². The van der Waals surface area contributed by atoms with Gasteiger partial charge in [0.15, 0.2) is 0 Å². The second-order valence-electron chi connectivity index (χ2n) is 6.07. The third kappa shape index (κ3) is 3.99. The van der Waals surface area contributed by atoms with Crippen molar-refractivity contribution in [1.82, 2.24) is 4.31 Å². The first-order valence-corrected chi connectivity index (χ1v) is 9.57. The summed E-state index contributed by atoms with van der Waals surface area (Å²) < 4.78 is 26.9. The molecule has 0 aliphatic carbocycles. The summed E-state index contributed by atoms with van der Waals surface area (Å²) in [7, 11) is -3.34. The van der Waals surface area contributed by atoms with Crippen LogP contribution in [0.5, 0.6) is 0 Å². The van der Waals surface area contributed by atoms with Gasteiger partial charge in [0.1, 0.15) is 0 Å². The van der Waals surface area contributed by atoms with Gasteiger partial charge in [-0.3, -0.25) is 0 Å². The lowest BCUT2D eigenvalue weighted by molar-refractivity contribution is 0.226. The van der Waals surface area contributed by atoms with Crippen LogP contribution >= 0.6 is 11.6 Å². The molecule has 0 unspecified atom stereocenters. The maximum Gasteiger partial charge on any atom is 0.243 e. The highest BCUT2D eigenvalue weighted by molar-refractivity contribution is 7.89. The van der Waals surface area contributed by atoms with Gasteiger partial charge in [-0.15, -0.1) is 11.6 Å². The topological polar surface area (TPSA) is 37.4 Å². The van der Waals surface area contributed by atoms with Gasteiger partial charge in [0.2, 0.25) is 10.0 Å². The molecule has 0 atom stereocenters. The number of benzene rings is 1. The van der Waals surface area contributed by atoms with Crippen molar-refractivity contribution in [1.29, 1.82) is 0 Å². The number of halogens is 1. The van der Waals surface area contributed by atoms with Crippen molar-refractivity contribution in [2.75, 3.05) is 19.0 Å². The minimum atomic E-state index is -3.34. The molecule has 1 aromatic carbocycles. The van der Waals surface area contributed by atoms with Gasteiger partial charge >= 0.3 is 0 Å². The van der Waals surface area contributed by atoms with E-state index in [0.29, 0.717) is 35.7 Å². The van der Waals surface area contributed by atoms with Crippen molar-refractivity contribution in [2.45, 2.75) is 38.0 Å². The van der Waals surface area contributed by atoms with E-state index in [-0.39, 0.29) is 0 Å². The van der Waals surface area contributed by atoms with Crippen LogP contribution in [0.2, 0.25) is 0 Å². The van der Waals surface area contributed by atoms with Gasteiger partial charge in [-0.1, -0.05) is 26.0 Å². The van der Waals surface area contributed by atoms with Gasteiger partial charge in [0, 0.05) is 19.0 Å². The molecule has 0 bridgehead atoms. The molecule has 21 heavy (non-hydrogen) atoms. The van der Waals surface area contributed by atoms with Gasteiger partial charge < -0.3 is 0 Å². The van der Waals surface area contributed by atoms with Gasteiger partial charge in [0.05, 0.1) is 4.90 Å². The minimum absolute atomic E-state index is 0.392. The number of rotatable bonds is 5. The normalized spacial score (nSPS) is 18.3. The van der Waals surface area contributed by atoms with Crippen LogP contribution in [0, 0.1) is 11.8 Å². The summed E-state index contributed by atoms with van der Waals surface area (Å²) >= 11 is 5.70. The Morgan fingerprint density at radius 3 is 2.24 bits per heavy atom. The molecular weight excluding hydrogens is 306 g/mol. The molecule has 1 aliphatic heterocycles. The molecule has 0 amide bonds. The molecule has 118 valence electrons. The second kappa shape index (κ2) is 7.12. The lowest BCUT2D eigenvalue weighted by Crippen LogP contribution is -2.39. The van der Waals surface area contributed by atoms with Crippen molar-refractivity contribution >= 4 is 21.6 Å². The maximum absolute atomic E-state index is 12.6. The number of alkyl halides is 1. The molecule has 0 spiro atoms. The Kier molecular flexibility index (Phi) is 5.69. The van der Waals surface area contributed by atoms with E-state index in [1.54, 1.807) is 16.4 Å². The predicted octanol–water partition coefficient (Wildman–Crippen LogP) is 3.52. The molecule has 2 rings (SSSR count). The Labute approximate surface area is 133 Å².